The van der Waals surface area contributed by atoms with Crippen molar-refractivity contribution >= 4 is 11.8 Å². The van der Waals surface area contributed by atoms with Crippen LogP contribution in [0.4, 0.5) is 0 Å². The largest absolute Gasteiger partial charge is 0.462 e. The van der Waals surface area contributed by atoms with E-state index in [9.17, 15) is 9.59 Å². The molecule has 3 nitrogen and oxygen atoms in total. The Labute approximate surface area is 151 Å². The fourth-order valence-corrected chi connectivity index (χ4v) is 7.02. The molecule has 0 heterocycles. The molecule has 25 heavy (non-hydrogen) atoms. The van der Waals surface area contributed by atoms with Crippen molar-refractivity contribution in [1.82, 2.24) is 0 Å². The Hall–Kier alpha value is -1.12. The van der Waals surface area contributed by atoms with Gasteiger partial charge < -0.3 is 4.74 Å². The standard InChI is InChI=1S/C22H32O3/c1-4-20(24)25-19-8-7-17-16-6-5-14-13-15(23)9-11-21(14,2)18(16)10-12-22(17,19)3/h9,11,14,16-19H,4-8,10,12-13H2,1-3H3/t14-,16+,17+,18+,19+,21+,22+/m1/s1. The van der Waals surface area contributed by atoms with Crippen molar-refractivity contribution in [3.63, 3.8) is 0 Å². The number of hydrogen-bond donors (Lipinski definition) is 0. The van der Waals surface area contributed by atoms with Gasteiger partial charge in [-0.25, -0.2) is 0 Å². The molecule has 0 spiro atoms. The molecule has 0 radical (unpaired) electrons. The first-order valence-electron chi connectivity index (χ1n) is 10.3. The van der Waals surface area contributed by atoms with Crippen LogP contribution in [0.25, 0.3) is 0 Å². The number of carbonyl (C=O) groups excluding carboxylic acids is 2. The third-order valence-electron chi connectivity index (χ3n) is 8.52. The fraction of sp³-hybridized carbons (Fsp3) is 0.818. The number of carbonyl (C=O) groups is 2. The molecule has 0 amide bonds. The Morgan fingerprint density at radius 2 is 1.96 bits per heavy atom. The van der Waals surface area contributed by atoms with Gasteiger partial charge in [0.2, 0.25) is 0 Å². The zero-order valence-electron chi connectivity index (χ0n) is 15.9. The molecular weight excluding hydrogens is 312 g/mol. The molecule has 3 saturated carbocycles. The number of ether oxygens (including phenoxy) is 1. The van der Waals surface area contributed by atoms with Crippen LogP contribution in [0.2, 0.25) is 0 Å². The van der Waals surface area contributed by atoms with E-state index in [1.165, 1.54) is 25.7 Å². The molecule has 4 rings (SSSR count). The third kappa shape index (κ3) is 2.52. The minimum absolute atomic E-state index is 0.0432. The highest BCUT2D eigenvalue weighted by atomic mass is 16.5. The van der Waals surface area contributed by atoms with E-state index in [-0.39, 0.29) is 22.9 Å². The van der Waals surface area contributed by atoms with Gasteiger partial charge in [0, 0.05) is 18.3 Å². The quantitative estimate of drug-likeness (QED) is 0.682. The monoisotopic (exact) mass is 344 g/mol. The lowest BCUT2D eigenvalue weighted by Gasteiger charge is -2.58. The molecule has 4 aliphatic rings. The molecular formula is C22H32O3. The molecule has 7 atom stereocenters. The van der Waals surface area contributed by atoms with Crippen LogP contribution >= 0.6 is 0 Å². The van der Waals surface area contributed by atoms with Crippen molar-refractivity contribution < 1.29 is 14.3 Å². The highest BCUT2D eigenvalue weighted by Crippen LogP contribution is 2.65. The first-order chi connectivity index (χ1) is 11.9. The van der Waals surface area contributed by atoms with E-state index in [0.717, 1.165) is 25.2 Å². The molecule has 3 fully saturated rings. The van der Waals surface area contributed by atoms with Gasteiger partial charge in [-0.1, -0.05) is 26.8 Å². The predicted molar refractivity (Wildman–Crippen MR) is 96.8 cm³/mol. The first-order valence-corrected chi connectivity index (χ1v) is 10.3. The van der Waals surface area contributed by atoms with Gasteiger partial charge in [0.1, 0.15) is 6.10 Å². The maximum Gasteiger partial charge on any atom is 0.305 e. The number of hydrogen-bond acceptors (Lipinski definition) is 3. The molecule has 138 valence electrons. The Morgan fingerprint density at radius 3 is 2.72 bits per heavy atom. The number of ketones is 1. The molecule has 0 bridgehead atoms. The molecule has 0 aliphatic heterocycles. The summed E-state index contributed by atoms with van der Waals surface area (Å²) in [7, 11) is 0. The van der Waals surface area contributed by atoms with E-state index in [0.29, 0.717) is 30.0 Å². The normalized spacial score (nSPS) is 48.4. The van der Waals surface area contributed by atoms with Gasteiger partial charge in [-0.15, -0.1) is 0 Å². The summed E-state index contributed by atoms with van der Waals surface area (Å²) in [6.07, 6.45) is 12.5. The second kappa shape index (κ2) is 5.96. The van der Waals surface area contributed by atoms with Crippen LogP contribution in [0.3, 0.4) is 0 Å². The molecule has 4 aliphatic carbocycles. The topological polar surface area (TPSA) is 43.4 Å². The summed E-state index contributed by atoms with van der Waals surface area (Å²) in [6.45, 7) is 6.67. The summed E-state index contributed by atoms with van der Waals surface area (Å²) in [5.74, 6) is 2.89. The smallest absolute Gasteiger partial charge is 0.305 e. The van der Waals surface area contributed by atoms with E-state index >= 15 is 0 Å². The van der Waals surface area contributed by atoms with Crippen molar-refractivity contribution in [2.75, 3.05) is 0 Å². The van der Waals surface area contributed by atoms with Gasteiger partial charge in [0.25, 0.3) is 0 Å². The maximum atomic E-state index is 11.9. The highest BCUT2D eigenvalue weighted by Gasteiger charge is 2.60. The average Bonchev–Trinajstić information content (AvgIpc) is 2.92. The summed E-state index contributed by atoms with van der Waals surface area (Å²) >= 11 is 0. The van der Waals surface area contributed by atoms with Gasteiger partial charge in [0.05, 0.1) is 0 Å². The van der Waals surface area contributed by atoms with Crippen LogP contribution in [-0.4, -0.2) is 17.9 Å². The van der Waals surface area contributed by atoms with Gasteiger partial charge in [-0.05, 0) is 73.7 Å². The number of fused-ring (bicyclic) bond motifs is 5. The van der Waals surface area contributed by atoms with Crippen molar-refractivity contribution in [2.24, 2.45) is 34.5 Å². The molecule has 0 aromatic carbocycles. The van der Waals surface area contributed by atoms with Gasteiger partial charge in [-0.2, -0.15) is 0 Å². The Balaban J connectivity index is 1.59. The number of rotatable bonds is 2. The van der Waals surface area contributed by atoms with Crippen molar-refractivity contribution in [2.45, 2.75) is 78.2 Å². The van der Waals surface area contributed by atoms with Crippen molar-refractivity contribution in [1.29, 1.82) is 0 Å². The zero-order valence-corrected chi connectivity index (χ0v) is 15.9. The Bertz CT molecular complexity index is 608. The van der Waals surface area contributed by atoms with Gasteiger partial charge in [0.15, 0.2) is 5.78 Å². The average molecular weight is 344 g/mol. The second-order valence-electron chi connectivity index (χ2n) is 9.47. The van der Waals surface area contributed by atoms with Crippen LogP contribution in [0.5, 0.6) is 0 Å². The second-order valence-corrected chi connectivity index (χ2v) is 9.47. The minimum atomic E-state index is -0.0432. The molecule has 0 unspecified atom stereocenters. The summed E-state index contributed by atoms with van der Waals surface area (Å²) < 4.78 is 5.86. The van der Waals surface area contributed by atoms with Gasteiger partial charge in [-0.3, -0.25) is 9.59 Å². The molecule has 3 heteroatoms. The van der Waals surface area contributed by atoms with Gasteiger partial charge >= 0.3 is 5.97 Å². The molecule has 0 aromatic heterocycles. The minimum Gasteiger partial charge on any atom is -0.462 e. The molecule has 0 aromatic rings. The highest BCUT2D eigenvalue weighted by molar-refractivity contribution is 5.91. The first kappa shape index (κ1) is 17.3. The van der Waals surface area contributed by atoms with Crippen LogP contribution in [0, 0.1) is 34.5 Å². The summed E-state index contributed by atoms with van der Waals surface area (Å²) in [6, 6.07) is 0. The van der Waals surface area contributed by atoms with E-state index < -0.39 is 0 Å². The lowest BCUT2D eigenvalue weighted by molar-refractivity contribution is -0.160. The summed E-state index contributed by atoms with van der Waals surface area (Å²) in [4.78, 5) is 23.8. The SMILES string of the molecule is CCC(=O)O[C@H]1CC[C@H]2[C@@H]3CC[C@@H]4CC(=O)C=C[C@]4(C)[C@H]3CC[C@]12C. The van der Waals surface area contributed by atoms with Crippen LogP contribution in [-0.2, 0) is 14.3 Å². The number of esters is 1. The van der Waals surface area contributed by atoms with Crippen LogP contribution < -0.4 is 0 Å². The van der Waals surface area contributed by atoms with Crippen molar-refractivity contribution in [3.05, 3.63) is 12.2 Å². The lowest BCUT2D eigenvalue weighted by Crippen LogP contribution is -2.53. The summed E-state index contributed by atoms with van der Waals surface area (Å²) in [5, 5.41) is 0. The van der Waals surface area contributed by atoms with E-state index in [2.05, 4.69) is 19.9 Å². The fourth-order valence-electron chi connectivity index (χ4n) is 7.02. The third-order valence-corrected chi connectivity index (χ3v) is 8.52. The van der Waals surface area contributed by atoms with Crippen LogP contribution in [0.15, 0.2) is 12.2 Å². The Morgan fingerprint density at radius 1 is 1.16 bits per heavy atom. The predicted octanol–water partition coefficient (Wildman–Crippen LogP) is 4.70. The Kier molecular flexibility index (Phi) is 4.12. The maximum absolute atomic E-state index is 11.9. The zero-order chi connectivity index (χ0) is 17.8. The van der Waals surface area contributed by atoms with E-state index in [1.54, 1.807) is 0 Å². The van der Waals surface area contributed by atoms with Crippen LogP contribution in [0.1, 0.15) is 72.1 Å². The number of allylic oxidation sites excluding steroid dienone is 2. The van der Waals surface area contributed by atoms with Crippen molar-refractivity contribution in [3.8, 4) is 0 Å². The van der Waals surface area contributed by atoms with E-state index in [4.69, 9.17) is 4.74 Å². The summed E-state index contributed by atoms with van der Waals surface area (Å²) in [5.41, 5.74) is 0.347. The lowest BCUT2D eigenvalue weighted by atomic mass is 9.46. The van der Waals surface area contributed by atoms with E-state index in [1.807, 2.05) is 13.0 Å². The molecule has 0 N–H and O–H groups in total. The molecule has 0 saturated heterocycles.